The predicted molar refractivity (Wildman–Crippen MR) is 112 cm³/mol. The summed E-state index contributed by atoms with van der Waals surface area (Å²) in [6.45, 7) is 0.857. The Morgan fingerprint density at radius 3 is 2.86 bits per heavy atom. The molecule has 0 spiro atoms. The van der Waals surface area contributed by atoms with Gasteiger partial charge in [-0.25, -0.2) is 4.39 Å². The normalized spacial score (nSPS) is 13.9. The summed E-state index contributed by atoms with van der Waals surface area (Å²) in [7, 11) is 0. The summed E-state index contributed by atoms with van der Waals surface area (Å²) in [5, 5.41) is 12.0. The fourth-order valence-electron chi connectivity index (χ4n) is 3.42. The smallest absolute Gasteiger partial charge is 0.248 e. The van der Waals surface area contributed by atoms with Crippen LogP contribution in [0.25, 0.3) is 17.5 Å². The number of aromatic nitrogens is 3. The molecule has 29 heavy (non-hydrogen) atoms. The number of nitrogens with zero attached hydrogens (tertiary/aromatic N) is 3. The lowest BCUT2D eigenvalue weighted by Gasteiger charge is -2.10. The standard InChI is InChI=1S/C22H20ClFN4O/c23-18-11-10-16(25-21(29)12-9-15-6-3-4-7-19(15)24)14-17(18)22-27-26-20-8-2-1-5-13-28(20)22/h3-4,6-7,9-12,14H,1-2,5,8,13H2,(H,25,29)/b12-9+. The van der Waals surface area contributed by atoms with Crippen molar-refractivity contribution >= 4 is 29.3 Å². The van der Waals surface area contributed by atoms with Gasteiger partial charge in [-0.2, -0.15) is 0 Å². The largest absolute Gasteiger partial charge is 0.322 e. The first-order chi connectivity index (χ1) is 14.1. The highest BCUT2D eigenvalue weighted by molar-refractivity contribution is 6.33. The van der Waals surface area contributed by atoms with E-state index in [1.165, 1.54) is 24.6 Å². The van der Waals surface area contributed by atoms with Gasteiger partial charge >= 0.3 is 0 Å². The van der Waals surface area contributed by atoms with E-state index in [9.17, 15) is 9.18 Å². The number of carbonyl (C=O) groups excluding carboxylic acids is 1. The number of aryl methyl sites for hydroxylation is 1. The maximum Gasteiger partial charge on any atom is 0.248 e. The molecule has 2 aromatic carbocycles. The van der Waals surface area contributed by atoms with E-state index in [2.05, 4.69) is 20.1 Å². The maximum absolute atomic E-state index is 13.7. The van der Waals surface area contributed by atoms with Crippen LogP contribution in [0.4, 0.5) is 10.1 Å². The molecule has 1 N–H and O–H groups in total. The molecule has 1 amide bonds. The highest BCUT2D eigenvalue weighted by Crippen LogP contribution is 2.31. The highest BCUT2D eigenvalue weighted by atomic mass is 35.5. The summed E-state index contributed by atoms with van der Waals surface area (Å²) < 4.78 is 15.8. The number of amides is 1. The molecule has 7 heteroatoms. The average molecular weight is 411 g/mol. The molecular weight excluding hydrogens is 391 g/mol. The van der Waals surface area contributed by atoms with Crippen molar-refractivity contribution in [2.24, 2.45) is 0 Å². The van der Waals surface area contributed by atoms with E-state index in [-0.39, 0.29) is 11.7 Å². The molecule has 1 aromatic heterocycles. The molecular formula is C22H20ClFN4O. The Morgan fingerprint density at radius 1 is 1.14 bits per heavy atom. The van der Waals surface area contributed by atoms with Gasteiger partial charge in [0.05, 0.1) is 5.02 Å². The third kappa shape index (κ3) is 4.38. The van der Waals surface area contributed by atoms with Crippen molar-refractivity contribution in [1.29, 1.82) is 0 Å². The van der Waals surface area contributed by atoms with Crippen molar-refractivity contribution in [2.45, 2.75) is 32.2 Å². The number of halogens is 2. The Hall–Kier alpha value is -2.99. The predicted octanol–water partition coefficient (Wildman–Crippen LogP) is 5.12. The van der Waals surface area contributed by atoms with Crippen LogP contribution in [0.3, 0.4) is 0 Å². The molecule has 0 unspecified atom stereocenters. The third-order valence-corrected chi connectivity index (χ3v) is 5.23. The van der Waals surface area contributed by atoms with Crippen LogP contribution in [0.1, 0.15) is 30.7 Å². The molecule has 0 bridgehead atoms. The van der Waals surface area contributed by atoms with E-state index >= 15 is 0 Å². The number of hydrogen-bond donors (Lipinski definition) is 1. The number of carbonyl (C=O) groups is 1. The van der Waals surface area contributed by atoms with Crippen molar-refractivity contribution in [3.8, 4) is 11.4 Å². The maximum atomic E-state index is 13.7. The second-order valence-corrected chi connectivity index (χ2v) is 7.35. The monoisotopic (exact) mass is 410 g/mol. The zero-order valence-electron chi connectivity index (χ0n) is 15.7. The fourth-order valence-corrected chi connectivity index (χ4v) is 3.62. The molecule has 148 valence electrons. The number of hydrogen-bond acceptors (Lipinski definition) is 3. The van der Waals surface area contributed by atoms with Gasteiger partial charge in [-0.15, -0.1) is 10.2 Å². The van der Waals surface area contributed by atoms with Crippen molar-refractivity contribution in [3.63, 3.8) is 0 Å². The van der Waals surface area contributed by atoms with Gasteiger partial charge in [0.25, 0.3) is 0 Å². The second kappa shape index (κ2) is 8.57. The van der Waals surface area contributed by atoms with Crippen molar-refractivity contribution in [2.75, 3.05) is 5.32 Å². The molecule has 0 saturated heterocycles. The van der Waals surface area contributed by atoms with Crippen LogP contribution in [0.15, 0.2) is 48.5 Å². The number of benzene rings is 2. The highest BCUT2D eigenvalue weighted by Gasteiger charge is 2.18. The van der Waals surface area contributed by atoms with Gasteiger partial charge < -0.3 is 9.88 Å². The third-order valence-electron chi connectivity index (χ3n) is 4.90. The summed E-state index contributed by atoms with van der Waals surface area (Å²) >= 11 is 6.42. The van der Waals surface area contributed by atoms with Gasteiger partial charge in [-0.05, 0) is 43.2 Å². The van der Waals surface area contributed by atoms with E-state index in [1.807, 2.05) is 0 Å². The first-order valence-corrected chi connectivity index (χ1v) is 9.95. The van der Waals surface area contributed by atoms with Crippen molar-refractivity contribution in [3.05, 3.63) is 70.8 Å². The van der Waals surface area contributed by atoms with Crippen LogP contribution in [0.2, 0.25) is 5.02 Å². The number of anilines is 1. The van der Waals surface area contributed by atoms with Gasteiger partial charge in [0.1, 0.15) is 11.6 Å². The Morgan fingerprint density at radius 2 is 2.00 bits per heavy atom. The molecule has 1 aliphatic rings. The Balaban J connectivity index is 1.55. The van der Waals surface area contributed by atoms with Crippen LogP contribution >= 0.6 is 11.6 Å². The molecule has 4 rings (SSSR count). The summed E-state index contributed by atoms with van der Waals surface area (Å²) in [6, 6.07) is 11.5. The van der Waals surface area contributed by atoms with Gasteiger partial charge in [0.15, 0.2) is 5.82 Å². The molecule has 0 aliphatic carbocycles. The van der Waals surface area contributed by atoms with E-state index in [0.29, 0.717) is 22.1 Å². The quantitative estimate of drug-likeness (QED) is 0.607. The van der Waals surface area contributed by atoms with Crippen LogP contribution in [-0.2, 0) is 17.8 Å². The summed E-state index contributed by atoms with van der Waals surface area (Å²) in [5.74, 6) is 0.945. The lowest BCUT2D eigenvalue weighted by molar-refractivity contribution is -0.111. The van der Waals surface area contributed by atoms with Gasteiger partial charge in [0, 0.05) is 35.9 Å². The van der Waals surface area contributed by atoms with Gasteiger partial charge in [-0.1, -0.05) is 36.2 Å². The topological polar surface area (TPSA) is 59.8 Å². The van der Waals surface area contributed by atoms with Gasteiger partial charge in [-0.3, -0.25) is 4.79 Å². The molecule has 0 atom stereocenters. The molecule has 0 radical (unpaired) electrons. The summed E-state index contributed by atoms with van der Waals surface area (Å²) in [6.07, 6.45) is 7.00. The van der Waals surface area contributed by atoms with E-state index < -0.39 is 0 Å². The molecule has 0 saturated carbocycles. The van der Waals surface area contributed by atoms with E-state index in [4.69, 9.17) is 11.6 Å². The second-order valence-electron chi connectivity index (χ2n) is 6.94. The van der Waals surface area contributed by atoms with Crippen molar-refractivity contribution < 1.29 is 9.18 Å². The first kappa shape index (κ1) is 19.3. The SMILES string of the molecule is O=C(/C=C/c1ccccc1F)Nc1ccc(Cl)c(-c2nnc3n2CCCCC3)c1. The van der Waals surface area contributed by atoms with E-state index in [1.54, 1.807) is 36.4 Å². The van der Waals surface area contributed by atoms with Gasteiger partial charge in [0.2, 0.25) is 5.91 Å². The zero-order chi connectivity index (χ0) is 20.2. The average Bonchev–Trinajstić information content (AvgIpc) is 2.96. The first-order valence-electron chi connectivity index (χ1n) is 9.57. The minimum absolute atomic E-state index is 0.352. The van der Waals surface area contributed by atoms with Crippen molar-refractivity contribution in [1.82, 2.24) is 14.8 Å². The van der Waals surface area contributed by atoms with Crippen LogP contribution in [0, 0.1) is 5.82 Å². The molecule has 0 fully saturated rings. The lowest BCUT2D eigenvalue weighted by Crippen LogP contribution is -2.08. The van der Waals surface area contributed by atoms with Crippen LogP contribution in [-0.4, -0.2) is 20.7 Å². The fraction of sp³-hybridized carbons (Fsp3) is 0.227. The Bertz CT molecular complexity index is 1080. The summed E-state index contributed by atoms with van der Waals surface area (Å²) in [4.78, 5) is 12.3. The molecule has 3 aromatic rings. The lowest BCUT2D eigenvalue weighted by atomic mass is 10.1. The summed E-state index contributed by atoms with van der Waals surface area (Å²) in [5.41, 5.74) is 1.66. The number of nitrogens with one attached hydrogen (secondary N) is 1. The van der Waals surface area contributed by atoms with Crippen LogP contribution < -0.4 is 5.32 Å². The number of fused-ring (bicyclic) bond motifs is 1. The Kier molecular flexibility index (Phi) is 5.71. The molecule has 2 heterocycles. The minimum Gasteiger partial charge on any atom is -0.322 e. The molecule has 1 aliphatic heterocycles. The molecule has 5 nitrogen and oxygen atoms in total. The van der Waals surface area contributed by atoms with Crippen LogP contribution in [0.5, 0.6) is 0 Å². The zero-order valence-corrected chi connectivity index (χ0v) is 16.5. The van der Waals surface area contributed by atoms with E-state index in [0.717, 1.165) is 37.2 Å². The number of rotatable bonds is 4. The Labute approximate surface area is 173 Å². The minimum atomic E-state index is -0.377.